The van der Waals surface area contributed by atoms with E-state index in [4.69, 9.17) is 0 Å². The van der Waals surface area contributed by atoms with E-state index in [9.17, 15) is 4.79 Å². The topological polar surface area (TPSA) is 17.1 Å². The third kappa shape index (κ3) is 0.576. The monoisotopic (exact) mass is 122 g/mol. The van der Waals surface area contributed by atoms with Crippen LogP contribution < -0.4 is 0 Å². The Morgan fingerprint density at radius 1 is 1.78 bits per heavy atom. The molecule has 1 heteroatoms. The molecule has 0 heterocycles. The van der Waals surface area contributed by atoms with Gasteiger partial charge in [-0.05, 0) is 11.8 Å². The van der Waals surface area contributed by atoms with Crippen LogP contribution in [-0.2, 0) is 4.79 Å². The summed E-state index contributed by atoms with van der Waals surface area (Å²) in [6.07, 6.45) is 6.12. The summed E-state index contributed by atoms with van der Waals surface area (Å²) >= 11 is 0. The second-order valence-electron chi connectivity index (χ2n) is 3.47. The van der Waals surface area contributed by atoms with Crippen LogP contribution in [0.15, 0.2) is 12.2 Å². The lowest BCUT2D eigenvalue weighted by atomic mass is 9.91. The van der Waals surface area contributed by atoms with E-state index in [0.29, 0.717) is 5.78 Å². The van der Waals surface area contributed by atoms with E-state index in [2.05, 4.69) is 19.1 Å². The van der Waals surface area contributed by atoms with Gasteiger partial charge in [0.15, 0.2) is 0 Å². The fraction of sp³-hybridized carbons (Fsp3) is 0.625. The van der Waals surface area contributed by atoms with Crippen LogP contribution in [0.3, 0.4) is 0 Å². The molecule has 2 aliphatic rings. The van der Waals surface area contributed by atoms with Gasteiger partial charge in [0, 0.05) is 12.3 Å². The summed E-state index contributed by atoms with van der Waals surface area (Å²) in [5.41, 5.74) is 0.252. The number of fused-ring (bicyclic) bond motifs is 2. The van der Waals surface area contributed by atoms with Crippen molar-refractivity contribution in [1.29, 1.82) is 0 Å². The van der Waals surface area contributed by atoms with Crippen molar-refractivity contribution >= 4 is 5.78 Å². The molecule has 0 aromatic carbocycles. The number of hydrogen-bond donors (Lipinski definition) is 0. The van der Waals surface area contributed by atoms with Gasteiger partial charge >= 0.3 is 0 Å². The normalized spacial score (nSPS) is 46.8. The van der Waals surface area contributed by atoms with E-state index < -0.39 is 0 Å². The van der Waals surface area contributed by atoms with Gasteiger partial charge in [0.05, 0.1) is 0 Å². The Morgan fingerprint density at radius 3 is 2.78 bits per heavy atom. The predicted octanol–water partition coefficient (Wildman–Crippen LogP) is 1.54. The average Bonchev–Trinajstić information content (AvgIpc) is 2.20. The van der Waals surface area contributed by atoms with Crippen molar-refractivity contribution in [3.05, 3.63) is 12.2 Å². The average molecular weight is 122 g/mol. The Hall–Kier alpha value is -0.590. The number of hydrogen-bond acceptors (Lipinski definition) is 1. The molecular weight excluding hydrogens is 112 g/mol. The molecule has 1 saturated carbocycles. The van der Waals surface area contributed by atoms with Crippen LogP contribution in [0, 0.1) is 11.3 Å². The molecule has 48 valence electrons. The Bertz CT molecular complexity index is 193. The first-order valence-corrected chi connectivity index (χ1v) is 3.42. The first kappa shape index (κ1) is 5.21. The molecule has 0 amide bonds. The number of ketones is 1. The molecule has 9 heavy (non-hydrogen) atoms. The van der Waals surface area contributed by atoms with E-state index in [1.54, 1.807) is 0 Å². The van der Waals surface area contributed by atoms with Crippen LogP contribution in [0.2, 0.25) is 0 Å². The van der Waals surface area contributed by atoms with Crippen molar-refractivity contribution < 1.29 is 4.79 Å². The first-order chi connectivity index (χ1) is 4.20. The van der Waals surface area contributed by atoms with Crippen LogP contribution in [0.1, 0.15) is 19.8 Å². The SMILES string of the molecule is CC12C=CC(C1)C(=O)C2. The molecule has 0 saturated heterocycles. The lowest BCUT2D eigenvalue weighted by Gasteiger charge is -2.13. The van der Waals surface area contributed by atoms with Crippen LogP contribution in [0.25, 0.3) is 0 Å². The number of carbonyl (C=O) groups excluding carboxylic acids is 1. The van der Waals surface area contributed by atoms with E-state index in [0.717, 1.165) is 12.8 Å². The maximum absolute atomic E-state index is 11.0. The van der Waals surface area contributed by atoms with Gasteiger partial charge in [0.25, 0.3) is 0 Å². The van der Waals surface area contributed by atoms with Crippen LogP contribution >= 0.6 is 0 Å². The third-order valence-electron chi connectivity index (χ3n) is 2.41. The summed E-state index contributed by atoms with van der Waals surface area (Å²) < 4.78 is 0. The molecule has 2 aliphatic carbocycles. The summed E-state index contributed by atoms with van der Waals surface area (Å²) in [6, 6.07) is 0. The van der Waals surface area contributed by atoms with Crippen molar-refractivity contribution in [2.24, 2.45) is 11.3 Å². The van der Waals surface area contributed by atoms with Crippen molar-refractivity contribution in [3.8, 4) is 0 Å². The summed E-state index contributed by atoms with van der Waals surface area (Å²) in [5.74, 6) is 0.731. The Balaban J connectivity index is 2.40. The van der Waals surface area contributed by atoms with Crippen molar-refractivity contribution in [2.45, 2.75) is 19.8 Å². The smallest absolute Gasteiger partial charge is 0.140 e. The first-order valence-electron chi connectivity index (χ1n) is 3.42. The molecule has 0 N–H and O–H groups in total. The molecule has 1 fully saturated rings. The molecule has 0 aliphatic heterocycles. The largest absolute Gasteiger partial charge is 0.299 e. The number of Topliss-reactive ketones (excluding diaryl/α,β-unsaturated/α-hetero) is 1. The summed E-state index contributed by atoms with van der Waals surface area (Å²) in [5, 5.41) is 0. The van der Waals surface area contributed by atoms with Crippen molar-refractivity contribution in [2.75, 3.05) is 0 Å². The lowest BCUT2D eigenvalue weighted by Crippen LogP contribution is -2.08. The van der Waals surface area contributed by atoms with Gasteiger partial charge in [-0.3, -0.25) is 4.79 Å². The Labute approximate surface area is 54.8 Å². The third-order valence-corrected chi connectivity index (χ3v) is 2.41. The zero-order valence-corrected chi connectivity index (χ0v) is 5.55. The molecule has 0 aromatic heterocycles. The van der Waals surface area contributed by atoms with Crippen molar-refractivity contribution in [1.82, 2.24) is 0 Å². The summed E-state index contributed by atoms with van der Waals surface area (Å²) in [4.78, 5) is 11.0. The number of rotatable bonds is 0. The van der Waals surface area contributed by atoms with E-state index in [1.807, 2.05) is 0 Å². The highest BCUT2D eigenvalue weighted by molar-refractivity contribution is 5.87. The van der Waals surface area contributed by atoms with Crippen LogP contribution in [-0.4, -0.2) is 5.78 Å². The number of carbonyl (C=O) groups is 1. The minimum absolute atomic E-state index is 0.252. The zero-order chi connectivity index (χ0) is 6.48. The second-order valence-corrected chi connectivity index (χ2v) is 3.47. The maximum atomic E-state index is 11.0. The highest BCUT2D eigenvalue weighted by atomic mass is 16.1. The van der Waals surface area contributed by atoms with Gasteiger partial charge in [-0.15, -0.1) is 0 Å². The van der Waals surface area contributed by atoms with Gasteiger partial charge in [-0.25, -0.2) is 0 Å². The standard InChI is InChI=1S/C8H10O/c1-8-3-2-6(4-8)7(9)5-8/h2-3,6H,4-5H2,1H3. The molecule has 2 bridgehead atoms. The number of allylic oxidation sites excluding steroid dienone is 2. The molecule has 2 rings (SSSR count). The molecule has 2 unspecified atom stereocenters. The molecule has 2 atom stereocenters. The molecule has 0 spiro atoms. The quantitative estimate of drug-likeness (QED) is 0.445. The predicted molar refractivity (Wildman–Crippen MR) is 35.0 cm³/mol. The van der Waals surface area contributed by atoms with Crippen LogP contribution in [0.5, 0.6) is 0 Å². The van der Waals surface area contributed by atoms with Gasteiger partial charge < -0.3 is 0 Å². The summed E-state index contributed by atoms with van der Waals surface area (Å²) in [7, 11) is 0. The highest BCUT2D eigenvalue weighted by Crippen LogP contribution is 2.46. The van der Waals surface area contributed by atoms with E-state index in [-0.39, 0.29) is 11.3 Å². The Morgan fingerprint density at radius 2 is 2.56 bits per heavy atom. The van der Waals surface area contributed by atoms with Crippen molar-refractivity contribution in [3.63, 3.8) is 0 Å². The van der Waals surface area contributed by atoms with E-state index in [1.165, 1.54) is 0 Å². The lowest BCUT2D eigenvalue weighted by molar-refractivity contribution is -0.120. The van der Waals surface area contributed by atoms with Gasteiger partial charge in [0.1, 0.15) is 5.78 Å². The van der Waals surface area contributed by atoms with Gasteiger partial charge in [0.2, 0.25) is 0 Å². The van der Waals surface area contributed by atoms with Gasteiger partial charge in [-0.1, -0.05) is 19.1 Å². The molecular formula is C8H10O. The van der Waals surface area contributed by atoms with Crippen LogP contribution in [0.4, 0.5) is 0 Å². The fourth-order valence-corrected chi connectivity index (χ4v) is 1.87. The molecule has 1 nitrogen and oxygen atoms in total. The minimum atomic E-state index is 0.252. The van der Waals surface area contributed by atoms with E-state index >= 15 is 0 Å². The molecule has 0 radical (unpaired) electrons. The zero-order valence-electron chi connectivity index (χ0n) is 5.55. The summed E-state index contributed by atoms with van der Waals surface area (Å²) in [6.45, 7) is 2.16. The molecule has 0 aromatic rings. The minimum Gasteiger partial charge on any atom is -0.299 e. The maximum Gasteiger partial charge on any atom is 0.140 e. The Kier molecular flexibility index (Phi) is 0.743. The fourth-order valence-electron chi connectivity index (χ4n) is 1.87. The van der Waals surface area contributed by atoms with Gasteiger partial charge in [-0.2, -0.15) is 0 Å². The second kappa shape index (κ2) is 1.28. The highest BCUT2D eigenvalue weighted by Gasteiger charge is 2.42.